The molecular weight excluding hydrogens is 208 g/mol. The predicted molar refractivity (Wildman–Crippen MR) is 60.4 cm³/mol. The summed E-state index contributed by atoms with van der Waals surface area (Å²) in [6, 6.07) is 1.87. The lowest BCUT2D eigenvalue weighted by Crippen LogP contribution is -2.01. The minimum atomic E-state index is 0.0688. The average molecular weight is 220 g/mol. The van der Waals surface area contributed by atoms with Gasteiger partial charge in [0, 0.05) is 23.7 Å². The quantitative estimate of drug-likeness (QED) is 0.728. The second kappa shape index (κ2) is 3.62. The second-order valence-corrected chi connectivity index (χ2v) is 4.64. The number of aryl methyl sites for hydroxylation is 3. The highest BCUT2D eigenvalue weighted by Crippen LogP contribution is 2.20. The number of hydrogen-bond donors (Lipinski definition) is 0. The van der Waals surface area contributed by atoms with Crippen molar-refractivity contribution in [2.75, 3.05) is 0 Å². The molecule has 0 atom stereocenters. The Morgan fingerprint density at radius 2 is 2.13 bits per heavy atom. The van der Waals surface area contributed by atoms with Crippen LogP contribution in [0.2, 0.25) is 0 Å². The van der Waals surface area contributed by atoms with Gasteiger partial charge in [-0.2, -0.15) is 5.10 Å². The second-order valence-electron chi connectivity index (χ2n) is 3.52. The average Bonchev–Trinajstić information content (AvgIpc) is 2.71. The third kappa shape index (κ3) is 1.72. The first-order chi connectivity index (χ1) is 7.09. The summed E-state index contributed by atoms with van der Waals surface area (Å²) in [5.41, 5.74) is 2.27. The molecule has 0 N–H and O–H groups in total. The normalized spacial score (nSPS) is 10.6. The molecule has 0 radical (unpaired) electrons. The summed E-state index contributed by atoms with van der Waals surface area (Å²) in [7, 11) is 1.82. The predicted octanol–water partition coefficient (Wildman–Crippen LogP) is 2.33. The van der Waals surface area contributed by atoms with Crippen LogP contribution in [-0.2, 0) is 7.05 Å². The molecular formula is C11H12N2OS. The molecule has 15 heavy (non-hydrogen) atoms. The fourth-order valence-corrected chi connectivity index (χ4v) is 2.28. The van der Waals surface area contributed by atoms with Gasteiger partial charge in [-0.05, 0) is 25.3 Å². The molecule has 2 aromatic rings. The van der Waals surface area contributed by atoms with Gasteiger partial charge in [0.15, 0.2) is 5.78 Å². The van der Waals surface area contributed by atoms with E-state index in [1.807, 2.05) is 32.3 Å². The lowest BCUT2D eigenvalue weighted by molar-refractivity contribution is 0.103. The number of carbonyl (C=O) groups excluding carboxylic acids is 1. The Morgan fingerprint density at radius 1 is 1.40 bits per heavy atom. The van der Waals surface area contributed by atoms with Crippen molar-refractivity contribution >= 4 is 17.1 Å². The van der Waals surface area contributed by atoms with E-state index < -0.39 is 0 Å². The van der Waals surface area contributed by atoms with Gasteiger partial charge in [-0.25, -0.2) is 0 Å². The van der Waals surface area contributed by atoms with Crippen LogP contribution in [0.3, 0.4) is 0 Å². The van der Waals surface area contributed by atoms with E-state index in [-0.39, 0.29) is 5.78 Å². The third-order valence-electron chi connectivity index (χ3n) is 2.36. The van der Waals surface area contributed by atoms with E-state index in [1.54, 1.807) is 22.2 Å². The van der Waals surface area contributed by atoms with E-state index in [0.717, 1.165) is 16.1 Å². The van der Waals surface area contributed by atoms with Crippen LogP contribution in [0.1, 0.15) is 26.5 Å². The molecule has 0 aliphatic heterocycles. The first-order valence-electron chi connectivity index (χ1n) is 4.68. The van der Waals surface area contributed by atoms with Crippen molar-refractivity contribution in [2.24, 2.45) is 7.05 Å². The minimum Gasteiger partial charge on any atom is -0.288 e. The van der Waals surface area contributed by atoms with Gasteiger partial charge in [-0.15, -0.1) is 11.3 Å². The zero-order valence-electron chi connectivity index (χ0n) is 8.94. The Bertz CT molecular complexity index is 510. The van der Waals surface area contributed by atoms with Gasteiger partial charge < -0.3 is 0 Å². The Morgan fingerprint density at radius 3 is 2.60 bits per heavy atom. The van der Waals surface area contributed by atoms with Crippen molar-refractivity contribution in [1.82, 2.24) is 9.78 Å². The molecule has 0 aliphatic rings. The third-order valence-corrected chi connectivity index (χ3v) is 3.21. The zero-order valence-corrected chi connectivity index (χ0v) is 9.76. The summed E-state index contributed by atoms with van der Waals surface area (Å²) in [5.74, 6) is 0.0688. The molecule has 0 unspecified atom stereocenters. The van der Waals surface area contributed by atoms with Crippen LogP contribution in [0.25, 0.3) is 0 Å². The van der Waals surface area contributed by atoms with Crippen LogP contribution in [0, 0.1) is 13.8 Å². The van der Waals surface area contributed by atoms with Crippen molar-refractivity contribution in [3.8, 4) is 0 Å². The molecule has 0 aliphatic carbocycles. The summed E-state index contributed by atoms with van der Waals surface area (Å²) in [5, 5.41) is 6.11. The molecule has 3 nitrogen and oxygen atoms in total. The Labute approximate surface area is 92.4 Å². The first-order valence-corrected chi connectivity index (χ1v) is 5.56. The summed E-state index contributed by atoms with van der Waals surface area (Å²) in [4.78, 5) is 13.2. The fourth-order valence-electron chi connectivity index (χ4n) is 1.59. The van der Waals surface area contributed by atoms with E-state index in [1.165, 1.54) is 0 Å². The maximum Gasteiger partial charge on any atom is 0.197 e. The van der Waals surface area contributed by atoms with E-state index >= 15 is 0 Å². The Balaban J connectivity index is 2.45. The molecule has 0 saturated carbocycles. The van der Waals surface area contributed by atoms with Gasteiger partial charge in [0.2, 0.25) is 0 Å². The van der Waals surface area contributed by atoms with Crippen molar-refractivity contribution in [3.05, 3.63) is 39.3 Å². The lowest BCUT2D eigenvalue weighted by atomic mass is 10.1. The molecule has 78 valence electrons. The Hall–Kier alpha value is -1.42. The van der Waals surface area contributed by atoms with E-state index in [2.05, 4.69) is 5.10 Å². The molecule has 0 fully saturated rings. The summed E-state index contributed by atoms with van der Waals surface area (Å²) in [6.07, 6.45) is 1.77. The molecule has 0 bridgehead atoms. The van der Waals surface area contributed by atoms with Crippen molar-refractivity contribution in [3.63, 3.8) is 0 Å². The van der Waals surface area contributed by atoms with Crippen LogP contribution >= 0.6 is 11.3 Å². The van der Waals surface area contributed by atoms with Gasteiger partial charge in [0.25, 0.3) is 0 Å². The van der Waals surface area contributed by atoms with Crippen molar-refractivity contribution < 1.29 is 4.79 Å². The van der Waals surface area contributed by atoms with Gasteiger partial charge in [0.05, 0.1) is 11.3 Å². The van der Waals surface area contributed by atoms with Crippen LogP contribution in [0.4, 0.5) is 0 Å². The standard InChI is InChI=1S/C11H12N2OS/c1-7-10(6-13(3)12-7)11(14)9-4-5-15-8(9)2/h4-6H,1-3H3. The maximum atomic E-state index is 12.1. The van der Waals surface area contributed by atoms with Crippen LogP contribution < -0.4 is 0 Å². The number of carbonyl (C=O) groups is 1. The van der Waals surface area contributed by atoms with Crippen molar-refractivity contribution in [2.45, 2.75) is 13.8 Å². The maximum absolute atomic E-state index is 12.1. The van der Waals surface area contributed by atoms with Gasteiger partial charge in [-0.3, -0.25) is 9.48 Å². The summed E-state index contributed by atoms with van der Waals surface area (Å²) in [6.45, 7) is 3.82. The lowest BCUT2D eigenvalue weighted by Gasteiger charge is -1.96. The van der Waals surface area contributed by atoms with Crippen LogP contribution in [-0.4, -0.2) is 15.6 Å². The monoisotopic (exact) mass is 220 g/mol. The van der Waals surface area contributed by atoms with Crippen LogP contribution in [0.5, 0.6) is 0 Å². The molecule has 0 spiro atoms. The summed E-state index contributed by atoms with van der Waals surface area (Å²) >= 11 is 1.59. The topological polar surface area (TPSA) is 34.9 Å². The highest BCUT2D eigenvalue weighted by Gasteiger charge is 2.16. The molecule has 2 rings (SSSR count). The number of hydrogen-bond acceptors (Lipinski definition) is 3. The number of nitrogens with zero attached hydrogens (tertiary/aromatic N) is 2. The molecule has 0 aromatic carbocycles. The molecule has 2 aromatic heterocycles. The number of ketones is 1. The highest BCUT2D eigenvalue weighted by molar-refractivity contribution is 7.10. The van der Waals surface area contributed by atoms with Gasteiger partial charge in [0.1, 0.15) is 0 Å². The molecule has 4 heteroatoms. The van der Waals surface area contributed by atoms with Gasteiger partial charge >= 0.3 is 0 Å². The molecule has 2 heterocycles. The highest BCUT2D eigenvalue weighted by atomic mass is 32.1. The largest absolute Gasteiger partial charge is 0.288 e. The number of thiophene rings is 1. The molecule has 0 amide bonds. The smallest absolute Gasteiger partial charge is 0.197 e. The fraction of sp³-hybridized carbons (Fsp3) is 0.273. The van der Waals surface area contributed by atoms with Crippen molar-refractivity contribution in [1.29, 1.82) is 0 Å². The molecule has 0 saturated heterocycles. The number of aromatic nitrogens is 2. The minimum absolute atomic E-state index is 0.0688. The first kappa shape index (κ1) is 10.1. The number of rotatable bonds is 2. The Kier molecular flexibility index (Phi) is 2.44. The van der Waals surface area contributed by atoms with E-state index in [4.69, 9.17) is 0 Å². The van der Waals surface area contributed by atoms with E-state index in [0.29, 0.717) is 5.56 Å². The van der Waals surface area contributed by atoms with Crippen LogP contribution in [0.15, 0.2) is 17.6 Å². The van der Waals surface area contributed by atoms with E-state index in [9.17, 15) is 4.79 Å². The zero-order chi connectivity index (χ0) is 11.0. The SMILES string of the molecule is Cc1nn(C)cc1C(=O)c1ccsc1C. The van der Waals surface area contributed by atoms with Gasteiger partial charge in [-0.1, -0.05) is 0 Å². The summed E-state index contributed by atoms with van der Waals surface area (Å²) < 4.78 is 1.67.